The summed E-state index contributed by atoms with van der Waals surface area (Å²) in [5, 5.41) is 3.96. The van der Waals surface area contributed by atoms with Crippen LogP contribution in [-0.4, -0.2) is 37.0 Å². The van der Waals surface area contributed by atoms with Crippen molar-refractivity contribution in [3.63, 3.8) is 0 Å². The summed E-state index contributed by atoms with van der Waals surface area (Å²) in [6.45, 7) is 0. The van der Waals surface area contributed by atoms with Crippen LogP contribution in [-0.2, 0) is 0 Å². The molecule has 1 fully saturated rings. The van der Waals surface area contributed by atoms with E-state index < -0.39 is 0 Å². The second-order valence-electron chi connectivity index (χ2n) is 4.97. The minimum Gasteiger partial charge on any atom is -0.381 e. The Kier molecular flexibility index (Phi) is 3.78. The van der Waals surface area contributed by atoms with E-state index in [-0.39, 0.29) is 11.9 Å². The Hall–Kier alpha value is -1.26. The molecule has 0 heterocycles. The van der Waals surface area contributed by atoms with E-state index in [1.165, 1.54) is 0 Å². The molecule has 0 atom stereocenters. The number of carbonyl (C=O) groups is 1. The van der Waals surface area contributed by atoms with Gasteiger partial charge < -0.3 is 16.0 Å². The van der Waals surface area contributed by atoms with Crippen LogP contribution < -0.4 is 11.1 Å². The van der Waals surface area contributed by atoms with Gasteiger partial charge in [-0.25, -0.2) is 0 Å². The van der Waals surface area contributed by atoms with E-state index in [4.69, 9.17) is 17.3 Å². The maximum Gasteiger partial charge on any atom is 0.253 e. The van der Waals surface area contributed by atoms with Gasteiger partial charge in [-0.15, -0.1) is 0 Å². The number of nitrogens with one attached hydrogen (secondary N) is 1. The van der Waals surface area contributed by atoms with E-state index in [1.54, 1.807) is 37.2 Å². The van der Waals surface area contributed by atoms with E-state index in [2.05, 4.69) is 5.32 Å². The fourth-order valence-electron chi connectivity index (χ4n) is 2.03. The van der Waals surface area contributed by atoms with Crippen molar-refractivity contribution in [2.45, 2.75) is 24.9 Å². The third kappa shape index (κ3) is 2.76. The molecule has 5 heteroatoms. The molecule has 18 heavy (non-hydrogen) atoms. The number of halogens is 1. The summed E-state index contributed by atoms with van der Waals surface area (Å²) in [4.78, 5) is 13.4. The van der Waals surface area contributed by atoms with Crippen LogP contribution in [0.2, 0.25) is 5.02 Å². The molecule has 0 bridgehead atoms. The van der Waals surface area contributed by atoms with Crippen molar-refractivity contribution in [3.05, 3.63) is 28.8 Å². The van der Waals surface area contributed by atoms with Gasteiger partial charge in [-0.3, -0.25) is 4.79 Å². The molecule has 4 nitrogen and oxygen atoms in total. The van der Waals surface area contributed by atoms with Crippen molar-refractivity contribution >= 4 is 23.2 Å². The lowest BCUT2D eigenvalue weighted by molar-refractivity contribution is 0.0827. The van der Waals surface area contributed by atoms with Crippen LogP contribution in [0.3, 0.4) is 0 Å². The fourth-order valence-corrected chi connectivity index (χ4v) is 2.20. The molecule has 0 radical (unpaired) electrons. The van der Waals surface area contributed by atoms with Crippen molar-refractivity contribution in [3.8, 4) is 0 Å². The Morgan fingerprint density at radius 3 is 2.67 bits per heavy atom. The molecule has 0 spiro atoms. The lowest BCUT2D eigenvalue weighted by atomic mass is 9.87. The van der Waals surface area contributed by atoms with Gasteiger partial charge in [0.2, 0.25) is 0 Å². The average Bonchev–Trinajstić information content (AvgIpc) is 2.28. The topological polar surface area (TPSA) is 58.4 Å². The van der Waals surface area contributed by atoms with Gasteiger partial charge in [0, 0.05) is 31.7 Å². The first kappa shape index (κ1) is 13.2. The Balaban J connectivity index is 2.14. The fraction of sp³-hybridized carbons (Fsp3) is 0.462. The van der Waals surface area contributed by atoms with Crippen molar-refractivity contribution in [1.82, 2.24) is 4.90 Å². The van der Waals surface area contributed by atoms with Crippen molar-refractivity contribution in [2.75, 3.05) is 19.4 Å². The third-order valence-electron chi connectivity index (χ3n) is 3.15. The number of nitrogens with two attached hydrogens (primary N) is 1. The Labute approximate surface area is 112 Å². The van der Waals surface area contributed by atoms with Gasteiger partial charge in [0.1, 0.15) is 0 Å². The molecular weight excluding hydrogens is 250 g/mol. The monoisotopic (exact) mass is 267 g/mol. The molecule has 1 aromatic rings. The molecule has 0 aromatic heterocycles. The predicted octanol–water partition coefficient (Wildman–Crippen LogP) is 1.94. The SMILES string of the molecule is CN(C)C(=O)c1ccc(Cl)c(NC2CC(N)C2)c1. The first-order chi connectivity index (χ1) is 8.47. The quantitative estimate of drug-likeness (QED) is 0.880. The minimum atomic E-state index is -0.0278. The molecule has 1 amide bonds. The Morgan fingerprint density at radius 2 is 2.11 bits per heavy atom. The summed E-state index contributed by atoms with van der Waals surface area (Å²) in [7, 11) is 3.46. The van der Waals surface area contributed by atoms with Gasteiger partial charge in [0.05, 0.1) is 10.7 Å². The molecule has 1 aliphatic carbocycles. The first-order valence-electron chi connectivity index (χ1n) is 6.00. The second kappa shape index (κ2) is 5.16. The van der Waals surface area contributed by atoms with Gasteiger partial charge in [-0.2, -0.15) is 0 Å². The third-order valence-corrected chi connectivity index (χ3v) is 3.48. The van der Waals surface area contributed by atoms with E-state index in [9.17, 15) is 4.79 Å². The van der Waals surface area contributed by atoms with Crippen LogP contribution in [0, 0.1) is 0 Å². The van der Waals surface area contributed by atoms with Crippen LogP contribution in [0.1, 0.15) is 23.2 Å². The second-order valence-corrected chi connectivity index (χ2v) is 5.37. The number of hydrogen-bond donors (Lipinski definition) is 2. The van der Waals surface area contributed by atoms with Crippen LogP contribution in [0.25, 0.3) is 0 Å². The van der Waals surface area contributed by atoms with Gasteiger partial charge >= 0.3 is 0 Å². The molecule has 1 aliphatic rings. The number of benzene rings is 1. The number of rotatable bonds is 3. The average molecular weight is 268 g/mol. The zero-order valence-corrected chi connectivity index (χ0v) is 11.4. The van der Waals surface area contributed by atoms with Gasteiger partial charge in [0.15, 0.2) is 0 Å². The normalized spacial score (nSPS) is 22.2. The summed E-state index contributed by atoms with van der Waals surface area (Å²) in [5.41, 5.74) is 7.19. The van der Waals surface area contributed by atoms with Gasteiger partial charge in [-0.1, -0.05) is 11.6 Å². The smallest absolute Gasteiger partial charge is 0.253 e. The van der Waals surface area contributed by atoms with Crippen molar-refractivity contribution < 1.29 is 4.79 Å². The van der Waals surface area contributed by atoms with Gasteiger partial charge in [-0.05, 0) is 31.0 Å². The Morgan fingerprint density at radius 1 is 1.44 bits per heavy atom. The lowest BCUT2D eigenvalue weighted by Gasteiger charge is -2.34. The highest BCUT2D eigenvalue weighted by molar-refractivity contribution is 6.33. The molecule has 3 N–H and O–H groups in total. The number of anilines is 1. The van der Waals surface area contributed by atoms with E-state index in [0.717, 1.165) is 18.5 Å². The predicted molar refractivity (Wildman–Crippen MR) is 74.1 cm³/mol. The van der Waals surface area contributed by atoms with Crippen LogP contribution in [0.15, 0.2) is 18.2 Å². The molecule has 1 saturated carbocycles. The molecule has 1 aromatic carbocycles. The maximum absolute atomic E-state index is 11.9. The minimum absolute atomic E-state index is 0.0278. The van der Waals surface area contributed by atoms with Gasteiger partial charge in [0.25, 0.3) is 5.91 Å². The highest BCUT2D eigenvalue weighted by Crippen LogP contribution is 2.28. The van der Waals surface area contributed by atoms with Crippen LogP contribution in [0.4, 0.5) is 5.69 Å². The zero-order chi connectivity index (χ0) is 13.3. The summed E-state index contributed by atoms with van der Waals surface area (Å²) >= 11 is 6.12. The van der Waals surface area contributed by atoms with Crippen molar-refractivity contribution in [2.24, 2.45) is 5.73 Å². The maximum atomic E-state index is 11.9. The number of nitrogens with zero attached hydrogens (tertiary/aromatic N) is 1. The molecule has 0 unspecified atom stereocenters. The summed E-state index contributed by atoms with van der Waals surface area (Å²) < 4.78 is 0. The van der Waals surface area contributed by atoms with E-state index >= 15 is 0 Å². The van der Waals surface area contributed by atoms with Crippen LogP contribution in [0.5, 0.6) is 0 Å². The summed E-state index contributed by atoms with van der Waals surface area (Å²) in [6, 6.07) is 5.94. The molecule has 0 saturated heterocycles. The standard InChI is InChI=1S/C13H18ClN3O/c1-17(2)13(18)8-3-4-11(14)12(5-8)16-10-6-9(15)7-10/h3-5,9-10,16H,6-7,15H2,1-2H3. The molecule has 2 rings (SSSR count). The highest BCUT2D eigenvalue weighted by Gasteiger charge is 2.26. The number of amides is 1. The zero-order valence-electron chi connectivity index (χ0n) is 10.6. The van der Waals surface area contributed by atoms with Crippen molar-refractivity contribution in [1.29, 1.82) is 0 Å². The Bertz CT molecular complexity index is 456. The lowest BCUT2D eigenvalue weighted by Crippen LogP contribution is -2.44. The highest BCUT2D eigenvalue weighted by atomic mass is 35.5. The molecule has 98 valence electrons. The largest absolute Gasteiger partial charge is 0.381 e. The summed E-state index contributed by atoms with van der Waals surface area (Å²) in [5.74, 6) is -0.0278. The molecular formula is C13H18ClN3O. The van der Waals surface area contributed by atoms with Crippen LogP contribution >= 0.6 is 11.6 Å². The van der Waals surface area contributed by atoms with E-state index in [1.807, 2.05) is 0 Å². The number of hydrogen-bond acceptors (Lipinski definition) is 3. The van der Waals surface area contributed by atoms with E-state index in [0.29, 0.717) is 16.6 Å². The first-order valence-corrected chi connectivity index (χ1v) is 6.38. The summed E-state index contributed by atoms with van der Waals surface area (Å²) in [6.07, 6.45) is 1.89. The number of carbonyl (C=O) groups excluding carboxylic acids is 1. The molecule has 0 aliphatic heterocycles.